The Kier molecular flexibility index (Phi) is 6.55. The fourth-order valence-corrected chi connectivity index (χ4v) is 6.02. The zero-order chi connectivity index (χ0) is 24.6. The Balaban J connectivity index is 1.83. The van der Waals surface area contributed by atoms with E-state index in [2.05, 4.69) is 4.98 Å². The van der Waals surface area contributed by atoms with Gasteiger partial charge in [0.25, 0.3) is 10.0 Å². The van der Waals surface area contributed by atoms with Crippen LogP contribution in [0, 0.1) is 0 Å². The molecule has 0 spiro atoms. The predicted octanol–water partition coefficient (Wildman–Crippen LogP) is 2.63. The van der Waals surface area contributed by atoms with Crippen molar-refractivity contribution in [2.75, 3.05) is 13.7 Å². The van der Waals surface area contributed by atoms with E-state index in [1.54, 1.807) is 18.5 Å². The van der Waals surface area contributed by atoms with Gasteiger partial charge in [-0.05, 0) is 43.7 Å². The summed E-state index contributed by atoms with van der Waals surface area (Å²) in [6, 6.07) is 6.75. The largest absolute Gasteiger partial charge is 0.495 e. The van der Waals surface area contributed by atoms with E-state index in [4.69, 9.17) is 16.3 Å². The number of nitrogens with zero attached hydrogens (tertiary/aromatic N) is 4. The summed E-state index contributed by atoms with van der Waals surface area (Å²) in [6.07, 6.45) is 4.82. The first-order valence-electron chi connectivity index (χ1n) is 10.8. The van der Waals surface area contributed by atoms with Crippen LogP contribution in [0.15, 0.2) is 59.6 Å². The number of benzene rings is 1. The van der Waals surface area contributed by atoms with Crippen molar-refractivity contribution in [3.8, 4) is 5.75 Å². The highest BCUT2D eigenvalue weighted by Crippen LogP contribution is 2.37. The molecule has 3 heterocycles. The van der Waals surface area contributed by atoms with Crippen LogP contribution in [0.5, 0.6) is 5.75 Å². The lowest BCUT2D eigenvalue weighted by atomic mass is 10.0. The Bertz CT molecular complexity index is 1250. The molecule has 4 rings (SSSR count). The van der Waals surface area contributed by atoms with E-state index in [0.717, 1.165) is 9.87 Å². The maximum atomic E-state index is 13.8. The molecule has 1 saturated heterocycles. The molecule has 2 amide bonds. The van der Waals surface area contributed by atoms with Crippen LogP contribution in [-0.4, -0.2) is 65.1 Å². The van der Waals surface area contributed by atoms with Gasteiger partial charge >= 0.3 is 0 Å². The minimum atomic E-state index is -4.17. The number of aromatic nitrogens is 1. The lowest BCUT2D eigenvalue weighted by molar-refractivity contribution is -0.148. The van der Waals surface area contributed by atoms with Crippen LogP contribution in [0.2, 0.25) is 5.02 Å². The maximum absolute atomic E-state index is 13.8. The second-order valence-corrected chi connectivity index (χ2v) is 10.6. The van der Waals surface area contributed by atoms with Crippen molar-refractivity contribution >= 4 is 33.4 Å². The highest BCUT2D eigenvalue weighted by molar-refractivity contribution is 7.89. The number of carbonyl (C=O) groups excluding carboxylic acids is 2. The van der Waals surface area contributed by atoms with Crippen LogP contribution < -0.4 is 4.74 Å². The Labute approximate surface area is 203 Å². The third kappa shape index (κ3) is 4.23. The molecule has 2 aliphatic rings. The molecule has 1 fully saturated rings. The second kappa shape index (κ2) is 9.27. The number of rotatable bonds is 6. The summed E-state index contributed by atoms with van der Waals surface area (Å²) in [7, 11) is -2.80. The van der Waals surface area contributed by atoms with Crippen LogP contribution in [-0.2, 0) is 26.0 Å². The molecule has 1 aromatic carbocycles. The third-order valence-electron chi connectivity index (χ3n) is 5.81. The number of carbonyl (C=O) groups is 2. The van der Waals surface area contributed by atoms with Gasteiger partial charge in [0.15, 0.2) is 0 Å². The summed E-state index contributed by atoms with van der Waals surface area (Å²) in [5.41, 5.74) is 0.759. The summed E-state index contributed by atoms with van der Waals surface area (Å²) in [5, 5.41) is 0.232. The molecule has 2 aliphatic heterocycles. The SMILES string of the molecule is COc1ccc(Cl)cc1S(=O)(=O)N1CCC(=O)N2C1=CN(C(C)C)C(=O)C2Cc1cccnc1. The number of pyridine rings is 1. The first-order chi connectivity index (χ1) is 16.1. The van der Waals surface area contributed by atoms with Crippen molar-refractivity contribution in [3.05, 3.63) is 65.3 Å². The number of hydrogen-bond donors (Lipinski definition) is 0. The van der Waals surface area contributed by atoms with Crippen LogP contribution >= 0.6 is 11.6 Å². The predicted molar refractivity (Wildman–Crippen MR) is 125 cm³/mol. The van der Waals surface area contributed by atoms with E-state index in [0.29, 0.717) is 0 Å². The molecule has 1 unspecified atom stereocenters. The fourth-order valence-electron chi connectivity index (χ4n) is 4.15. The Morgan fingerprint density at radius 3 is 2.65 bits per heavy atom. The molecule has 0 radical (unpaired) electrons. The van der Waals surface area contributed by atoms with Gasteiger partial charge in [0, 0.05) is 49.0 Å². The summed E-state index contributed by atoms with van der Waals surface area (Å²) in [5.74, 6) is -0.342. The second-order valence-electron chi connectivity index (χ2n) is 8.29. The van der Waals surface area contributed by atoms with E-state index in [9.17, 15) is 18.0 Å². The number of sulfonamides is 1. The van der Waals surface area contributed by atoms with Gasteiger partial charge in [0.05, 0.1) is 7.11 Å². The van der Waals surface area contributed by atoms with Crippen molar-refractivity contribution in [2.45, 2.75) is 43.7 Å². The monoisotopic (exact) mass is 504 g/mol. The molecular weight excluding hydrogens is 480 g/mol. The Morgan fingerprint density at radius 1 is 1.24 bits per heavy atom. The molecule has 2 aromatic rings. The average Bonchev–Trinajstić information content (AvgIpc) is 2.81. The smallest absolute Gasteiger partial charge is 0.269 e. The molecule has 34 heavy (non-hydrogen) atoms. The molecular formula is C23H25ClN4O5S. The van der Waals surface area contributed by atoms with E-state index in [-0.39, 0.29) is 58.7 Å². The summed E-state index contributed by atoms with van der Waals surface area (Å²) in [6.45, 7) is 3.59. The molecule has 180 valence electrons. The average molecular weight is 505 g/mol. The van der Waals surface area contributed by atoms with Gasteiger partial charge in [-0.15, -0.1) is 0 Å². The van der Waals surface area contributed by atoms with E-state index in [1.165, 1.54) is 41.3 Å². The van der Waals surface area contributed by atoms with Crippen molar-refractivity contribution < 1.29 is 22.7 Å². The van der Waals surface area contributed by atoms with Crippen molar-refractivity contribution in [2.24, 2.45) is 0 Å². The molecule has 11 heteroatoms. The summed E-state index contributed by atoms with van der Waals surface area (Å²) in [4.78, 5) is 33.2. The summed E-state index contributed by atoms with van der Waals surface area (Å²) >= 11 is 6.10. The first kappa shape index (κ1) is 24.0. The highest BCUT2D eigenvalue weighted by Gasteiger charge is 2.47. The van der Waals surface area contributed by atoms with Gasteiger partial charge in [-0.3, -0.25) is 19.5 Å². The van der Waals surface area contributed by atoms with Crippen molar-refractivity contribution in [1.29, 1.82) is 0 Å². The molecule has 0 saturated carbocycles. The van der Waals surface area contributed by atoms with Crippen molar-refractivity contribution in [3.63, 3.8) is 0 Å². The standard InChI is InChI=1S/C23H25ClN4O5S/c1-15(2)26-14-21-27(34(31,32)20-12-17(24)6-7-19(20)33-3)10-8-22(29)28(21)18(23(26)30)11-16-5-4-9-25-13-16/h4-7,9,12-15,18H,8,10-11H2,1-3H3. The van der Waals surface area contributed by atoms with Crippen LogP contribution in [0.1, 0.15) is 25.8 Å². The van der Waals surface area contributed by atoms with E-state index < -0.39 is 16.1 Å². The lowest BCUT2D eigenvalue weighted by Crippen LogP contribution is -2.61. The minimum Gasteiger partial charge on any atom is -0.495 e. The highest BCUT2D eigenvalue weighted by atomic mass is 35.5. The number of methoxy groups -OCH3 is 1. The maximum Gasteiger partial charge on any atom is 0.269 e. The van der Waals surface area contributed by atoms with E-state index >= 15 is 0 Å². The molecule has 1 aromatic heterocycles. The Hall–Kier alpha value is -3.11. The number of halogens is 1. The third-order valence-corrected chi connectivity index (χ3v) is 7.87. The zero-order valence-electron chi connectivity index (χ0n) is 19.0. The quantitative estimate of drug-likeness (QED) is 0.599. The first-order valence-corrected chi connectivity index (χ1v) is 12.6. The fraction of sp³-hybridized carbons (Fsp3) is 0.348. The number of fused-ring (bicyclic) bond motifs is 1. The molecule has 0 N–H and O–H groups in total. The number of ether oxygens (including phenoxy) is 1. The number of hydrogen-bond acceptors (Lipinski definition) is 6. The molecule has 0 aliphatic carbocycles. The van der Waals surface area contributed by atoms with Gasteiger partial charge in [0.1, 0.15) is 22.5 Å². The van der Waals surface area contributed by atoms with Gasteiger partial charge in [-0.1, -0.05) is 17.7 Å². The van der Waals surface area contributed by atoms with Gasteiger partial charge in [-0.2, -0.15) is 0 Å². The zero-order valence-corrected chi connectivity index (χ0v) is 20.6. The normalized spacial score (nSPS) is 18.8. The van der Waals surface area contributed by atoms with Crippen LogP contribution in [0.3, 0.4) is 0 Å². The van der Waals surface area contributed by atoms with Crippen molar-refractivity contribution in [1.82, 2.24) is 19.1 Å². The van der Waals surface area contributed by atoms with Crippen LogP contribution in [0.4, 0.5) is 0 Å². The molecule has 1 atom stereocenters. The van der Waals surface area contributed by atoms with Crippen LogP contribution in [0.25, 0.3) is 0 Å². The van der Waals surface area contributed by atoms with Gasteiger partial charge in [-0.25, -0.2) is 12.7 Å². The summed E-state index contributed by atoms with van der Waals surface area (Å²) < 4.78 is 34.0. The Morgan fingerprint density at radius 2 is 2.00 bits per heavy atom. The number of amides is 2. The topological polar surface area (TPSA) is 100 Å². The molecule has 0 bridgehead atoms. The van der Waals surface area contributed by atoms with Gasteiger partial charge < -0.3 is 9.64 Å². The molecule has 9 nitrogen and oxygen atoms in total. The van der Waals surface area contributed by atoms with Gasteiger partial charge in [0.2, 0.25) is 11.8 Å². The van der Waals surface area contributed by atoms with E-state index in [1.807, 2.05) is 19.9 Å². The minimum absolute atomic E-state index is 0.0705. The lowest BCUT2D eigenvalue weighted by Gasteiger charge is -2.46.